The summed E-state index contributed by atoms with van der Waals surface area (Å²) in [5.74, 6) is 0.813. The molecule has 0 spiro atoms. The summed E-state index contributed by atoms with van der Waals surface area (Å²) in [6.45, 7) is 5.15. The van der Waals surface area contributed by atoms with Crippen molar-refractivity contribution in [1.29, 1.82) is 0 Å². The molecule has 0 bridgehead atoms. The molecule has 0 saturated heterocycles. The van der Waals surface area contributed by atoms with E-state index in [0.717, 1.165) is 11.1 Å². The van der Waals surface area contributed by atoms with E-state index in [1.807, 2.05) is 13.0 Å². The zero-order valence-electron chi connectivity index (χ0n) is 10.7. The molecule has 0 fully saturated rings. The van der Waals surface area contributed by atoms with Crippen molar-refractivity contribution in [2.24, 2.45) is 5.73 Å². The van der Waals surface area contributed by atoms with E-state index in [9.17, 15) is 4.39 Å². The summed E-state index contributed by atoms with van der Waals surface area (Å²) in [5, 5.41) is 3.85. The van der Waals surface area contributed by atoms with Crippen molar-refractivity contribution in [2.75, 3.05) is 0 Å². The molecule has 0 unspecified atom stereocenters. The summed E-state index contributed by atoms with van der Waals surface area (Å²) in [7, 11) is 0. The van der Waals surface area contributed by atoms with E-state index in [2.05, 4.69) is 10.1 Å². The molecule has 18 heavy (non-hydrogen) atoms. The van der Waals surface area contributed by atoms with Crippen molar-refractivity contribution in [3.05, 3.63) is 35.2 Å². The summed E-state index contributed by atoms with van der Waals surface area (Å²) < 4.78 is 18.9. The van der Waals surface area contributed by atoms with E-state index in [4.69, 9.17) is 10.3 Å². The van der Waals surface area contributed by atoms with Crippen molar-refractivity contribution in [3.63, 3.8) is 0 Å². The minimum atomic E-state index is -1.40. The minimum absolute atomic E-state index is 0.195. The number of rotatable bonds is 3. The molecule has 2 N–H and O–H groups in total. The van der Waals surface area contributed by atoms with Crippen molar-refractivity contribution in [3.8, 4) is 11.4 Å². The van der Waals surface area contributed by atoms with Crippen LogP contribution < -0.4 is 5.73 Å². The molecule has 0 aliphatic carbocycles. The average Bonchev–Trinajstić information content (AvgIpc) is 2.76. The molecule has 1 aromatic carbocycles. The van der Waals surface area contributed by atoms with Gasteiger partial charge in [-0.05, 0) is 38.0 Å². The first-order chi connectivity index (χ1) is 8.41. The Hall–Kier alpha value is -1.75. The highest BCUT2D eigenvalue weighted by Crippen LogP contribution is 2.30. The fraction of sp³-hybridized carbons (Fsp3) is 0.385. The third-order valence-corrected chi connectivity index (χ3v) is 2.81. The van der Waals surface area contributed by atoms with E-state index in [1.54, 1.807) is 12.1 Å². The summed E-state index contributed by atoms with van der Waals surface area (Å²) in [5.41, 5.74) is 6.34. The number of aryl methyl sites for hydroxylation is 1. The highest BCUT2D eigenvalue weighted by molar-refractivity contribution is 5.61. The zero-order chi connectivity index (χ0) is 13.3. The van der Waals surface area contributed by atoms with Gasteiger partial charge in [0, 0.05) is 5.56 Å². The molecule has 0 atom stereocenters. The average molecular weight is 249 g/mol. The number of nitrogens with two attached hydrogens (primary N) is 1. The van der Waals surface area contributed by atoms with Gasteiger partial charge in [0.05, 0.1) is 6.54 Å². The second-order valence-corrected chi connectivity index (χ2v) is 4.72. The molecule has 0 aliphatic rings. The lowest BCUT2D eigenvalue weighted by Crippen LogP contribution is -2.09. The standard InChI is InChI=1S/C13H16FN3O/c1-8-4-5-9(13(2,3)14)6-10(8)12-16-11(7-15)18-17-12/h4-6H,7,15H2,1-3H3. The van der Waals surface area contributed by atoms with Gasteiger partial charge in [-0.3, -0.25) is 0 Å². The Morgan fingerprint density at radius 2 is 2.11 bits per heavy atom. The Morgan fingerprint density at radius 3 is 2.67 bits per heavy atom. The van der Waals surface area contributed by atoms with Crippen LogP contribution in [0.2, 0.25) is 0 Å². The summed E-state index contributed by atoms with van der Waals surface area (Å²) in [6.07, 6.45) is 0. The lowest BCUT2D eigenvalue weighted by molar-refractivity contribution is 0.221. The molecule has 1 heterocycles. The van der Waals surface area contributed by atoms with Crippen molar-refractivity contribution in [1.82, 2.24) is 10.1 Å². The van der Waals surface area contributed by atoms with Crippen LogP contribution in [0.4, 0.5) is 4.39 Å². The Bertz CT molecular complexity index is 558. The summed E-state index contributed by atoms with van der Waals surface area (Å²) in [4.78, 5) is 4.16. The van der Waals surface area contributed by atoms with Gasteiger partial charge in [0.25, 0.3) is 0 Å². The van der Waals surface area contributed by atoms with Crippen LogP contribution in [0.1, 0.15) is 30.9 Å². The normalized spacial score (nSPS) is 11.8. The van der Waals surface area contributed by atoms with Crippen LogP contribution in [-0.4, -0.2) is 10.1 Å². The van der Waals surface area contributed by atoms with E-state index < -0.39 is 5.67 Å². The molecule has 0 aliphatic heterocycles. The fourth-order valence-corrected chi connectivity index (χ4v) is 1.68. The summed E-state index contributed by atoms with van der Waals surface area (Å²) >= 11 is 0. The predicted molar refractivity (Wildman–Crippen MR) is 66.5 cm³/mol. The van der Waals surface area contributed by atoms with Crippen LogP contribution in [0.5, 0.6) is 0 Å². The molecule has 4 nitrogen and oxygen atoms in total. The topological polar surface area (TPSA) is 64.9 Å². The first kappa shape index (κ1) is 12.7. The quantitative estimate of drug-likeness (QED) is 0.908. The first-order valence-corrected chi connectivity index (χ1v) is 5.75. The van der Waals surface area contributed by atoms with Crippen molar-refractivity contribution >= 4 is 0 Å². The number of hydrogen-bond acceptors (Lipinski definition) is 4. The number of halogens is 1. The maximum atomic E-state index is 13.9. The number of nitrogens with zero attached hydrogens (tertiary/aromatic N) is 2. The van der Waals surface area contributed by atoms with Crippen LogP contribution in [0.3, 0.4) is 0 Å². The fourth-order valence-electron chi connectivity index (χ4n) is 1.68. The van der Waals surface area contributed by atoms with Crippen LogP contribution in [-0.2, 0) is 12.2 Å². The second-order valence-electron chi connectivity index (χ2n) is 4.72. The lowest BCUT2D eigenvalue weighted by atomic mass is 9.95. The van der Waals surface area contributed by atoms with Crippen LogP contribution in [0.15, 0.2) is 22.7 Å². The third-order valence-electron chi connectivity index (χ3n) is 2.81. The van der Waals surface area contributed by atoms with Crippen LogP contribution in [0.25, 0.3) is 11.4 Å². The van der Waals surface area contributed by atoms with Gasteiger partial charge >= 0.3 is 0 Å². The Balaban J connectivity index is 2.49. The van der Waals surface area contributed by atoms with Gasteiger partial charge < -0.3 is 10.3 Å². The number of alkyl halides is 1. The highest BCUT2D eigenvalue weighted by Gasteiger charge is 2.21. The Labute approximate surface area is 105 Å². The maximum absolute atomic E-state index is 13.9. The molecule has 0 radical (unpaired) electrons. The zero-order valence-corrected chi connectivity index (χ0v) is 10.7. The molecular weight excluding hydrogens is 233 g/mol. The molecule has 1 aromatic heterocycles. The monoisotopic (exact) mass is 249 g/mol. The van der Waals surface area contributed by atoms with Crippen LogP contribution in [0, 0.1) is 6.92 Å². The molecule has 0 amide bonds. The molecular formula is C13H16FN3O. The predicted octanol–water partition coefficient (Wildman–Crippen LogP) is 2.71. The van der Waals surface area contributed by atoms with Crippen molar-refractivity contribution < 1.29 is 8.91 Å². The number of hydrogen-bond donors (Lipinski definition) is 1. The van der Waals surface area contributed by atoms with Gasteiger partial charge in [-0.1, -0.05) is 17.3 Å². The first-order valence-electron chi connectivity index (χ1n) is 5.75. The van der Waals surface area contributed by atoms with Gasteiger partial charge in [0.15, 0.2) is 0 Å². The Morgan fingerprint density at radius 1 is 1.39 bits per heavy atom. The Kier molecular flexibility index (Phi) is 3.17. The molecule has 2 rings (SSSR count). The minimum Gasteiger partial charge on any atom is -0.338 e. The second kappa shape index (κ2) is 4.49. The largest absolute Gasteiger partial charge is 0.338 e. The van der Waals surface area contributed by atoms with E-state index in [-0.39, 0.29) is 6.54 Å². The molecule has 96 valence electrons. The van der Waals surface area contributed by atoms with E-state index >= 15 is 0 Å². The molecule has 5 heteroatoms. The molecule has 0 saturated carbocycles. The SMILES string of the molecule is Cc1ccc(C(C)(C)F)cc1-c1noc(CN)n1. The highest BCUT2D eigenvalue weighted by atomic mass is 19.1. The van der Waals surface area contributed by atoms with Crippen LogP contribution >= 0.6 is 0 Å². The van der Waals surface area contributed by atoms with Gasteiger partial charge in [-0.15, -0.1) is 0 Å². The van der Waals surface area contributed by atoms with E-state index in [1.165, 1.54) is 13.8 Å². The molecule has 2 aromatic rings. The van der Waals surface area contributed by atoms with Gasteiger partial charge in [-0.25, -0.2) is 4.39 Å². The van der Waals surface area contributed by atoms with Gasteiger partial charge in [0.1, 0.15) is 5.67 Å². The lowest BCUT2D eigenvalue weighted by Gasteiger charge is -2.16. The summed E-state index contributed by atoms with van der Waals surface area (Å²) in [6, 6.07) is 5.37. The maximum Gasteiger partial charge on any atom is 0.240 e. The van der Waals surface area contributed by atoms with Gasteiger partial charge in [-0.2, -0.15) is 4.98 Å². The van der Waals surface area contributed by atoms with Gasteiger partial charge in [0.2, 0.25) is 11.7 Å². The third kappa shape index (κ3) is 2.41. The number of aromatic nitrogens is 2. The van der Waals surface area contributed by atoms with Crippen molar-refractivity contribution in [2.45, 2.75) is 33.0 Å². The van der Waals surface area contributed by atoms with E-state index in [0.29, 0.717) is 17.3 Å². The number of benzene rings is 1. The smallest absolute Gasteiger partial charge is 0.240 e.